The monoisotopic (exact) mass is 307 g/mol. The normalized spacial score (nSPS) is 12.7. The molecule has 0 aliphatic carbocycles. The minimum Gasteiger partial charge on any atom is -0.493 e. The molecule has 5 nitrogen and oxygen atoms in total. The highest BCUT2D eigenvalue weighted by atomic mass is 19.4. The van der Waals surface area contributed by atoms with Crippen LogP contribution < -0.4 is 14.8 Å². The third-order valence-corrected chi connectivity index (χ3v) is 2.51. The topological polar surface area (TPSA) is 67.8 Å². The number of halogens is 3. The molecule has 0 aliphatic rings. The Bertz CT molecular complexity index is 489. The molecular formula is C13H16F3NO4. The van der Waals surface area contributed by atoms with E-state index >= 15 is 0 Å². The van der Waals surface area contributed by atoms with E-state index in [1.54, 1.807) is 18.3 Å². The summed E-state index contributed by atoms with van der Waals surface area (Å²) in [4.78, 5) is 11.2. The lowest BCUT2D eigenvalue weighted by Gasteiger charge is -2.13. The fourth-order valence-corrected chi connectivity index (χ4v) is 1.46. The molecule has 21 heavy (non-hydrogen) atoms. The highest BCUT2D eigenvalue weighted by Crippen LogP contribution is 2.30. The summed E-state index contributed by atoms with van der Waals surface area (Å²) in [5, 5.41) is 11.1. The molecule has 0 saturated heterocycles. The highest BCUT2D eigenvalue weighted by Gasteiger charge is 2.27. The average molecular weight is 307 g/mol. The molecule has 1 rings (SSSR count). The van der Waals surface area contributed by atoms with Crippen LogP contribution in [0.5, 0.6) is 11.5 Å². The van der Waals surface area contributed by atoms with Gasteiger partial charge in [0.1, 0.15) is 6.54 Å². The number of aliphatic hydroxyl groups is 1. The maximum atomic E-state index is 11.9. The largest absolute Gasteiger partial charge is 0.493 e. The van der Waals surface area contributed by atoms with Crippen LogP contribution in [-0.2, 0) is 4.79 Å². The molecule has 2 N–H and O–H groups in total. The molecule has 1 aromatic rings. The van der Waals surface area contributed by atoms with Crippen LogP contribution in [0.25, 0.3) is 0 Å². The van der Waals surface area contributed by atoms with Crippen LogP contribution in [0.3, 0.4) is 0 Å². The predicted octanol–water partition coefficient (Wildman–Crippen LogP) is 1.81. The number of aliphatic hydroxyl groups excluding tert-OH is 1. The maximum absolute atomic E-state index is 11.9. The fraction of sp³-hybridized carbons (Fsp3) is 0.462. The van der Waals surface area contributed by atoms with Gasteiger partial charge < -0.3 is 19.9 Å². The molecular weight excluding hydrogens is 291 g/mol. The Balaban J connectivity index is 2.61. The molecule has 0 unspecified atom stereocenters. The summed E-state index contributed by atoms with van der Waals surface area (Å²) in [6.45, 7) is -0.409. The number of methoxy groups -OCH3 is 1. The van der Waals surface area contributed by atoms with Crippen molar-refractivity contribution in [1.82, 2.24) is 5.32 Å². The summed E-state index contributed by atoms with van der Waals surface area (Å²) in [6.07, 6.45) is -5.17. The number of nitrogens with one attached hydrogen (secondary N) is 1. The summed E-state index contributed by atoms with van der Waals surface area (Å²) in [6, 6.07) is 4.56. The Morgan fingerprint density at radius 3 is 2.57 bits per heavy atom. The maximum Gasteiger partial charge on any atom is 0.405 e. The number of amides is 1. The zero-order valence-corrected chi connectivity index (χ0v) is 11.5. The average Bonchev–Trinajstić information content (AvgIpc) is 2.41. The summed E-state index contributed by atoms with van der Waals surface area (Å²) >= 11 is 0. The van der Waals surface area contributed by atoms with Crippen LogP contribution in [0.4, 0.5) is 13.2 Å². The summed E-state index contributed by atoms with van der Waals surface area (Å²) in [5.74, 6) is -0.421. The van der Waals surface area contributed by atoms with Gasteiger partial charge in [0.25, 0.3) is 5.91 Å². The van der Waals surface area contributed by atoms with E-state index in [0.29, 0.717) is 5.56 Å². The number of carbonyl (C=O) groups is 1. The molecule has 1 aromatic carbocycles. The molecule has 0 bridgehead atoms. The minimum atomic E-state index is -4.47. The molecule has 0 aromatic heterocycles. The second-order valence-corrected chi connectivity index (χ2v) is 4.27. The lowest BCUT2D eigenvalue weighted by molar-refractivity contribution is -0.139. The molecule has 0 fully saturated rings. The predicted molar refractivity (Wildman–Crippen MR) is 68.2 cm³/mol. The molecule has 0 aliphatic heterocycles. The Labute approximate surface area is 119 Å². The lowest BCUT2D eigenvalue weighted by Crippen LogP contribution is -2.36. The van der Waals surface area contributed by atoms with Gasteiger partial charge >= 0.3 is 6.18 Å². The fourth-order valence-electron chi connectivity index (χ4n) is 1.46. The Hall–Kier alpha value is -1.96. The van der Waals surface area contributed by atoms with E-state index in [9.17, 15) is 23.1 Å². The van der Waals surface area contributed by atoms with Crippen LogP contribution in [0, 0.1) is 0 Å². The smallest absolute Gasteiger partial charge is 0.405 e. The molecule has 8 heteroatoms. The van der Waals surface area contributed by atoms with Gasteiger partial charge in [0.05, 0.1) is 13.2 Å². The molecule has 0 radical (unpaired) electrons. The van der Waals surface area contributed by atoms with Gasteiger partial charge in [0.15, 0.2) is 18.1 Å². The van der Waals surface area contributed by atoms with Crippen molar-refractivity contribution in [3.05, 3.63) is 23.8 Å². The molecule has 0 spiro atoms. The highest BCUT2D eigenvalue weighted by molar-refractivity contribution is 5.77. The summed E-state index contributed by atoms with van der Waals surface area (Å²) in [7, 11) is 1.37. The van der Waals surface area contributed by atoms with Gasteiger partial charge in [-0.1, -0.05) is 6.07 Å². The van der Waals surface area contributed by atoms with Gasteiger partial charge in [-0.15, -0.1) is 0 Å². The van der Waals surface area contributed by atoms with Crippen molar-refractivity contribution in [3.63, 3.8) is 0 Å². The molecule has 0 saturated carbocycles. The van der Waals surface area contributed by atoms with E-state index in [4.69, 9.17) is 9.47 Å². The van der Waals surface area contributed by atoms with E-state index in [2.05, 4.69) is 0 Å². The first-order valence-electron chi connectivity index (χ1n) is 6.05. The lowest BCUT2D eigenvalue weighted by atomic mass is 10.1. The standard InChI is InChI=1S/C13H16F3NO4/c1-8(18)9-3-4-10(11(5-9)20-2)21-6-12(19)17-7-13(14,15)16/h3-5,8,18H,6-7H2,1-2H3,(H,17,19)/t8-/m1/s1. The van der Waals surface area contributed by atoms with Crippen molar-refractivity contribution < 1.29 is 32.5 Å². The zero-order valence-electron chi connectivity index (χ0n) is 11.5. The van der Waals surface area contributed by atoms with Gasteiger partial charge in [-0.3, -0.25) is 4.79 Å². The Morgan fingerprint density at radius 1 is 1.38 bits per heavy atom. The van der Waals surface area contributed by atoms with Gasteiger partial charge in [-0.05, 0) is 24.6 Å². The number of ether oxygens (including phenoxy) is 2. The van der Waals surface area contributed by atoms with Crippen LogP contribution in [0.2, 0.25) is 0 Å². The zero-order chi connectivity index (χ0) is 16.0. The number of benzene rings is 1. The van der Waals surface area contributed by atoms with Crippen molar-refractivity contribution >= 4 is 5.91 Å². The molecule has 1 amide bonds. The van der Waals surface area contributed by atoms with E-state index in [-0.39, 0.29) is 11.5 Å². The van der Waals surface area contributed by atoms with Crippen molar-refractivity contribution in [2.24, 2.45) is 0 Å². The van der Waals surface area contributed by atoms with Crippen LogP contribution in [0.1, 0.15) is 18.6 Å². The third kappa shape index (κ3) is 5.90. The SMILES string of the molecule is COc1cc([C@@H](C)O)ccc1OCC(=O)NCC(F)(F)F. The van der Waals surface area contributed by atoms with E-state index < -0.39 is 31.3 Å². The minimum absolute atomic E-state index is 0.198. The number of rotatable bonds is 6. The number of hydrogen-bond donors (Lipinski definition) is 2. The van der Waals surface area contributed by atoms with E-state index in [1.807, 2.05) is 0 Å². The number of carbonyl (C=O) groups excluding carboxylic acids is 1. The first-order valence-corrected chi connectivity index (χ1v) is 6.05. The van der Waals surface area contributed by atoms with Gasteiger partial charge in [0.2, 0.25) is 0 Å². The first-order chi connectivity index (χ1) is 9.73. The number of hydrogen-bond acceptors (Lipinski definition) is 4. The number of alkyl halides is 3. The second kappa shape index (κ2) is 7.16. The van der Waals surface area contributed by atoms with Crippen LogP contribution in [0.15, 0.2) is 18.2 Å². The first kappa shape index (κ1) is 17.1. The molecule has 0 heterocycles. The Kier molecular flexibility index (Phi) is 5.83. The quantitative estimate of drug-likeness (QED) is 0.841. The van der Waals surface area contributed by atoms with Gasteiger partial charge in [-0.2, -0.15) is 13.2 Å². The van der Waals surface area contributed by atoms with Gasteiger partial charge in [-0.25, -0.2) is 0 Å². The van der Waals surface area contributed by atoms with Crippen LogP contribution >= 0.6 is 0 Å². The van der Waals surface area contributed by atoms with Crippen molar-refractivity contribution in [2.75, 3.05) is 20.3 Å². The Morgan fingerprint density at radius 2 is 2.05 bits per heavy atom. The summed E-state index contributed by atoms with van der Waals surface area (Å²) in [5.41, 5.74) is 0.584. The third-order valence-electron chi connectivity index (χ3n) is 2.51. The van der Waals surface area contributed by atoms with Gasteiger partial charge in [0, 0.05) is 0 Å². The molecule has 1 atom stereocenters. The molecule has 118 valence electrons. The van der Waals surface area contributed by atoms with E-state index in [0.717, 1.165) is 0 Å². The summed E-state index contributed by atoms with van der Waals surface area (Å²) < 4.78 is 45.9. The van der Waals surface area contributed by atoms with Crippen LogP contribution in [-0.4, -0.2) is 37.5 Å². The second-order valence-electron chi connectivity index (χ2n) is 4.27. The van der Waals surface area contributed by atoms with Crippen molar-refractivity contribution in [2.45, 2.75) is 19.2 Å². The van der Waals surface area contributed by atoms with Crippen molar-refractivity contribution in [3.8, 4) is 11.5 Å². The van der Waals surface area contributed by atoms with E-state index in [1.165, 1.54) is 19.2 Å². The van der Waals surface area contributed by atoms with Crippen molar-refractivity contribution in [1.29, 1.82) is 0 Å².